The minimum atomic E-state index is 0.0972. The van der Waals surface area contributed by atoms with Crippen molar-refractivity contribution in [1.29, 1.82) is 0 Å². The van der Waals surface area contributed by atoms with E-state index in [9.17, 15) is 4.79 Å². The first-order valence-corrected chi connectivity index (χ1v) is 9.27. The first-order chi connectivity index (χ1) is 10.7. The number of nitrogens with zero attached hydrogens (tertiary/aromatic N) is 2. The van der Waals surface area contributed by atoms with Gasteiger partial charge in [-0.15, -0.1) is 11.3 Å². The Labute approximate surface area is 136 Å². The summed E-state index contributed by atoms with van der Waals surface area (Å²) in [5, 5.41) is 6.65. The Morgan fingerprint density at radius 3 is 2.91 bits per heavy atom. The molecule has 22 heavy (non-hydrogen) atoms. The lowest BCUT2D eigenvalue weighted by molar-refractivity contribution is 0.160. The molecule has 1 aromatic rings. The second-order valence-corrected chi connectivity index (χ2v) is 7.31. The monoisotopic (exact) mass is 322 g/mol. The standard InChI is InChI=1S/C16H26N4OS/c1-12-15(22-11-19-12)4-8-18-16(21)20-9-5-13(6-10-20)14-3-2-7-17-14/h11,13-14,17H,2-10H2,1H3,(H,18,21). The molecule has 6 heteroatoms. The van der Waals surface area contributed by atoms with Crippen LogP contribution < -0.4 is 10.6 Å². The number of aromatic nitrogens is 1. The molecule has 2 N–H and O–H groups in total. The first-order valence-electron chi connectivity index (χ1n) is 8.39. The number of amides is 2. The minimum absolute atomic E-state index is 0.0972. The zero-order chi connectivity index (χ0) is 15.4. The van der Waals surface area contributed by atoms with Gasteiger partial charge in [-0.25, -0.2) is 9.78 Å². The molecule has 2 amide bonds. The molecule has 2 aliphatic rings. The lowest BCUT2D eigenvalue weighted by Crippen LogP contribution is -2.47. The molecule has 2 saturated heterocycles. The average Bonchev–Trinajstić information content (AvgIpc) is 3.20. The largest absolute Gasteiger partial charge is 0.338 e. The van der Waals surface area contributed by atoms with Crippen LogP contribution in [0.2, 0.25) is 0 Å². The predicted octanol–water partition coefficient (Wildman–Crippen LogP) is 2.17. The Morgan fingerprint density at radius 1 is 1.45 bits per heavy atom. The van der Waals surface area contributed by atoms with Crippen molar-refractivity contribution in [2.24, 2.45) is 5.92 Å². The van der Waals surface area contributed by atoms with Crippen LogP contribution in [0.25, 0.3) is 0 Å². The normalized spacial score (nSPS) is 23.0. The van der Waals surface area contributed by atoms with Gasteiger partial charge in [-0.1, -0.05) is 0 Å². The fourth-order valence-corrected chi connectivity index (χ4v) is 4.36. The fourth-order valence-electron chi connectivity index (χ4n) is 3.58. The highest BCUT2D eigenvalue weighted by atomic mass is 32.1. The van der Waals surface area contributed by atoms with Crippen LogP contribution in [0.15, 0.2) is 5.51 Å². The van der Waals surface area contributed by atoms with E-state index in [1.807, 2.05) is 17.3 Å². The van der Waals surface area contributed by atoms with Gasteiger partial charge >= 0.3 is 6.03 Å². The maximum Gasteiger partial charge on any atom is 0.317 e. The van der Waals surface area contributed by atoms with Gasteiger partial charge in [0.1, 0.15) is 0 Å². The molecule has 2 fully saturated rings. The van der Waals surface area contributed by atoms with E-state index in [1.54, 1.807) is 11.3 Å². The van der Waals surface area contributed by atoms with E-state index in [4.69, 9.17) is 0 Å². The number of carbonyl (C=O) groups excluding carboxylic acids is 1. The molecule has 1 aromatic heterocycles. The van der Waals surface area contributed by atoms with Crippen molar-refractivity contribution in [3.8, 4) is 0 Å². The number of urea groups is 1. The van der Waals surface area contributed by atoms with Gasteiger partial charge in [0.15, 0.2) is 0 Å². The number of rotatable bonds is 4. The van der Waals surface area contributed by atoms with E-state index in [0.717, 1.165) is 44.0 Å². The van der Waals surface area contributed by atoms with Crippen molar-refractivity contribution in [1.82, 2.24) is 20.5 Å². The summed E-state index contributed by atoms with van der Waals surface area (Å²) in [7, 11) is 0. The summed E-state index contributed by atoms with van der Waals surface area (Å²) >= 11 is 1.67. The summed E-state index contributed by atoms with van der Waals surface area (Å²) in [5.41, 5.74) is 2.96. The highest BCUT2D eigenvalue weighted by Crippen LogP contribution is 2.25. The summed E-state index contributed by atoms with van der Waals surface area (Å²) in [4.78, 5) is 19.7. The third kappa shape index (κ3) is 3.79. The molecular formula is C16H26N4OS. The highest BCUT2D eigenvalue weighted by molar-refractivity contribution is 7.09. The van der Waals surface area contributed by atoms with E-state index in [0.29, 0.717) is 12.6 Å². The zero-order valence-corrected chi connectivity index (χ0v) is 14.1. The number of hydrogen-bond donors (Lipinski definition) is 2. The van der Waals surface area contributed by atoms with Gasteiger partial charge in [0, 0.05) is 37.0 Å². The molecule has 0 aromatic carbocycles. The predicted molar refractivity (Wildman–Crippen MR) is 89.3 cm³/mol. The van der Waals surface area contributed by atoms with Crippen LogP contribution in [-0.2, 0) is 6.42 Å². The number of aryl methyl sites for hydroxylation is 1. The highest BCUT2D eigenvalue weighted by Gasteiger charge is 2.29. The zero-order valence-electron chi connectivity index (χ0n) is 13.3. The van der Waals surface area contributed by atoms with Crippen LogP contribution in [-0.4, -0.2) is 48.1 Å². The third-order valence-corrected chi connectivity index (χ3v) is 5.96. The summed E-state index contributed by atoms with van der Waals surface area (Å²) in [5.74, 6) is 0.756. The number of piperidine rings is 1. The Bertz CT molecular complexity index is 490. The number of nitrogens with one attached hydrogen (secondary N) is 2. The van der Waals surface area contributed by atoms with Crippen molar-refractivity contribution in [3.63, 3.8) is 0 Å². The van der Waals surface area contributed by atoms with Crippen molar-refractivity contribution in [3.05, 3.63) is 16.1 Å². The Morgan fingerprint density at radius 2 is 2.27 bits per heavy atom. The van der Waals surface area contributed by atoms with Crippen LogP contribution in [0.5, 0.6) is 0 Å². The Balaban J connectivity index is 1.37. The van der Waals surface area contributed by atoms with Gasteiger partial charge in [-0.3, -0.25) is 0 Å². The molecule has 0 spiro atoms. The van der Waals surface area contributed by atoms with Crippen LogP contribution in [0, 0.1) is 12.8 Å². The molecule has 3 rings (SSSR count). The van der Waals surface area contributed by atoms with Gasteiger partial charge in [-0.05, 0) is 45.1 Å². The molecule has 122 valence electrons. The van der Waals surface area contributed by atoms with E-state index >= 15 is 0 Å². The molecule has 0 radical (unpaired) electrons. The lowest BCUT2D eigenvalue weighted by atomic mass is 9.89. The number of thiazole rings is 1. The van der Waals surface area contributed by atoms with Gasteiger partial charge in [0.2, 0.25) is 0 Å². The molecule has 1 unspecified atom stereocenters. The molecular weight excluding hydrogens is 296 g/mol. The van der Waals surface area contributed by atoms with Crippen LogP contribution in [0.4, 0.5) is 4.79 Å². The third-order valence-electron chi connectivity index (χ3n) is 4.97. The number of hydrogen-bond acceptors (Lipinski definition) is 4. The summed E-state index contributed by atoms with van der Waals surface area (Å²) < 4.78 is 0. The van der Waals surface area contributed by atoms with E-state index in [1.165, 1.54) is 24.3 Å². The van der Waals surface area contributed by atoms with Crippen molar-refractivity contribution >= 4 is 17.4 Å². The smallest absolute Gasteiger partial charge is 0.317 e. The summed E-state index contributed by atoms with van der Waals surface area (Å²) in [6.07, 6.45) is 5.77. The van der Waals surface area contributed by atoms with Gasteiger partial charge in [0.25, 0.3) is 0 Å². The Hall–Kier alpha value is -1.14. The second kappa shape index (κ2) is 7.42. The molecule has 2 aliphatic heterocycles. The summed E-state index contributed by atoms with van der Waals surface area (Å²) in [6.45, 7) is 5.69. The van der Waals surface area contributed by atoms with E-state index in [-0.39, 0.29) is 6.03 Å². The van der Waals surface area contributed by atoms with E-state index in [2.05, 4.69) is 15.6 Å². The SMILES string of the molecule is Cc1ncsc1CCNC(=O)N1CCC(C2CCCN2)CC1. The molecule has 0 bridgehead atoms. The maximum absolute atomic E-state index is 12.2. The molecule has 0 aliphatic carbocycles. The maximum atomic E-state index is 12.2. The lowest BCUT2D eigenvalue weighted by Gasteiger charge is -2.34. The van der Waals surface area contributed by atoms with Crippen LogP contribution in [0.3, 0.4) is 0 Å². The average molecular weight is 322 g/mol. The summed E-state index contributed by atoms with van der Waals surface area (Å²) in [6, 6.07) is 0.791. The molecule has 5 nitrogen and oxygen atoms in total. The molecule has 3 heterocycles. The van der Waals surface area contributed by atoms with E-state index < -0.39 is 0 Å². The van der Waals surface area contributed by atoms with Crippen molar-refractivity contribution in [2.45, 2.75) is 45.1 Å². The second-order valence-electron chi connectivity index (χ2n) is 6.37. The van der Waals surface area contributed by atoms with Gasteiger partial charge in [-0.2, -0.15) is 0 Å². The van der Waals surface area contributed by atoms with Crippen LogP contribution in [0.1, 0.15) is 36.3 Å². The topological polar surface area (TPSA) is 57.3 Å². The molecule has 0 saturated carbocycles. The number of carbonyl (C=O) groups is 1. The van der Waals surface area contributed by atoms with Gasteiger partial charge < -0.3 is 15.5 Å². The van der Waals surface area contributed by atoms with Crippen molar-refractivity contribution in [2.75, 3.05) is 26.2 Å². The Kier molecular flexibility index (Phi) is 5.31. The number of likely N-dealkylation sites (tertiary alicyclic amines) is 1. The van der Waals surface area contributed by atoms with Crippen LogP contribution >= 0.6 is 11.3 Å². The first kappa shape index (κ1) is 15.7. The fraction of sp³-hybridized carbons (Fsp3) is 0.750. The quantitative estimate of drug-likeness (QED) is 0.893. The van der Waals surface area contributed by atoms with Gasteiger partial charge in [0.05, 0.1) is 11.2 Å². The molecule has 1 atom stereocenters. The minimum Gasteiger partial charge on any atom is -0.338 e. The van der Waals surface area contributed by atoms with Crippen molar-refractivity contribution < 1.29 is 4.79 Å².